The number of terminal acetylenes is 1. The predicted molar refractivity (Wildman–Crippen MR) is 49.3 cm³/mol. The molecule has 0 aromatic carbocycles. The number of hydrogen-bond acceptors (Lipinski definition) is 2. The van der Waals surface area contributed by atoms with E-state index in [1.54, 1.807) is 0 Å². The summed E-state index contributed by atoms with van der Waals surface area (Å²) in [6.07, 6.45) is 7.04. The molecular formula is C9H16N2O. The van der Waals surface area contributed by atoms with E-state index < -0.39 is 0 Å². The maximum absolute atomic E-state index is 11.0. The second-order valence-corrected chi connectivity index (χ2v) is 2.67. The molecule has 0 radical (unpaired) electrons. The van der Waals surface area contributed by atoms with Crippen molar-refractivity contribution in [1.82, 2.24) is 5.32 Å². The highest BCUT2D eigenvalue weighted by Gasteiger charge is 2.07. The molecule has 1 atom stereocenters. The summed E-state index contributed by atoms with van der Waals surface area (Å²) in [6, 6.07) is 0.0795. The fourth-order valence-corrected chi connectivity index (χ4v) is 0.969. The third kappa shape index (κ3) is 4.75. The molecule has 3 nitrogen and oxygen atoms in total. The summed E-state index contributed by atoms with van der Waals surface area (Å²) in [5, 5.41) is 2.76. The van der Waals surface area contributed by atoms with Crippen LogP contribution < -0.4 is 11.1 Å². The van der Waals surface area contributed by atoms with Gasteiger partial charge in [-0.15, -0.1) is 6.42 Å². The van der Waals surface area contributed by atoms with Crippen molar-refractivity contribution in [3.05, 3.63) is 0 Å². The van der Waals surface area contributed by atoms with Crippen molar-refractivity contribution in [1.29, 1.82) is 0 Å². The predicted octanol–water partition coefficient (Wildman–Crippen LogP) is 0.253. The number of rotatable bonds is 5. The van der Waals surface area contributed by atoms with Gasteiger partial charge < -0.3 is 11.1 Å². The Balaban J connectivity index is 3.70. The van der Waals surface area contributed by atoms with E-state index in [0.29, 0.717) is 6.54 Å². The number of nitrogens with one attached hydrogen (secondary N) is 1. The standard InChI is InChI=1S/C9H16N2O/c1-3-5-8(7-10)11-9(12)6-4-2/h2,8H,3,5-7,10H2,1H3,(H,11,12). The van der Waals surface area contributed by atoms with E-state index >= 15 is 0 Å². The van der Waals surface area contributed by atoms with Crippen LogP contribution in [0.3, 0.4) is 0 Å². The zero-order valence-electron chi connectivity index (χ0n) is 7.47. The van der Waals surface area contributed by atoms with E-state index in [4.69, 9.17) is 12.2 Å². The van der Waals surface area contributed by atoms with Crippen LogP contribution in [-0.4, -0.2) is 18.5 Å². The first-order valence-corrected chi connectivity index (χ1v) is 4.17. The Morgan fingerprint density at radius 1 is 1.75 bits per heavy atom. The number of amides is 1. The van der Waals surface area contributed by atoms with Crippen molar-refractivity contribution < 1.29 is 4.79 Å². The van der Waals surface area contributed by atoms with Gasteiger partial charge in [0.1, 0.15) is 0 Å². The van der Waals surface area contributed by atoms with Crippen molar-refractivity contribution in [2.75, 3.05) is 6.54 Å². The van der Waals surface area contributed by atoms with Gasteiger partial charge in [-0.25, -0.2) is 0 Å². The fraction of sp³-hybridized carbons (Fsp3) is 0.667. The summed E-state index contributed by atoms with van der Waals surface area (Å²) in [5.41, 5.74) is 5.44. The monoisotopic (exact) mass is 168 g/mol. The molecule has 0 saturated carbocycles. The smallest absolute Gasteiger partial charge is 0.232 e. The highest BCUT2D eigenvalue weighted by atomic mass is 16.1. The molecule has 68 valence electrons. The van der Waals surface area contributed by atoms with E-state index in [9.17, 15) is 4.79 Å². The number of carbonyl (C=O) groups is 1. The van der Waals surface area contributed by atoms with Crippen molar-refractivity contribution in [2.45, 2.75) is 32.2 Å². The van der Waals surface area contributed by atoms with Crippen LogP contribution in [0.5, 0.6) is 0 Å². The largest absolute Gasteiger partial charge is 0.351 e. The molecule has 0 heterocycles. The maximum atomic E-state index is 11.0. The first kappa shape index (κ1) is 11.0. The Kier molecular flexibility index (Phi) is 6.12. The zero-order chi connectivity index (χ0) is 9.40. The van der Waals surface area contributed by atoms with Gasteiger partial charge >= 0.3 is 0 Å². The Hall–Kier alpha value is -1.01. The van der Waals surface area contributed by atoms with Crippen LogP contribution >= 0.6 is 0 Å². The quantitative estimate of drug-likeness (QED) is 0.578. The van der Waals surface area contributed by atoms with Gasteiger partial charge in [0.15, 0.2) is 0 Å². The first-order chi connectivity index (χ1) is 5.74. The third-order valence-corrected chi connectivity index (χ3v) is 1.55. The average molecular weight is 168 g/mol. The van der Waals surface area contributed by atoms with Crippen LogP contribution in [0.25, 0.3) is 0 Å². The summed E-state index contributed by atoms with van der Waals surface area (Å²) < 4.78 is 0. The van der Waals surface area contributed by atoms with Gasteiger partial charge in [0.05, 0.1) is 6.42 Å². The van der Waals surface area contributed by atoms with Gasteiger partial charge in [0.2, 0.25) is 5.91 Å². The third-order valence-electron chi connectivity index (χ3n) is 1.55. The Bertz CT molecular complexity index is 172. The van der Waals surface area contributed by atoms with Crippen molar-refractivity contribution in [3.63, 3.8) is 0 Å². The molecule has 0 saturated heterocycles. The summed E-state index contributed by atoms with van der Waals surface area (Å²) in [5.74, 6) is 2.18. The molecule has 1 amide bonds. The molecule has 0 aliphatic rings. The Labute approximate surface area is 73.7 Å². The highest BCUT2D eigenvalue weighted by molar-refractivity contribution is 5.78. The van der Waals surface area contributed by atoms with Crippen LogP contribution in [0.1, 0.15) is 26.2 Å². The zero-order valence-corrected chi connectivity index (χ0v) is 7.47. The molecule has 1 unspecified atom stereocenters. The second kappa shape index (κ2) is 6.68. The summed E-state index contributed by atoms with van der Waals surface area (Å²) >= 11 is 0. The van der Waals surface area contributed by atoms with Gasteiger partial charge in [-0.05, 0) is 6.42 Å². The minimum absolute atomic E-state index is 0.0795. The van der Waals surface area contributed by atoms with Gasteiger partial charge in [-0.1, -0.05) is 19.3 Å². The van der Waals surface area contributed by atoms with Crippen LogP contribution in [0.2, 0.25) is 0 Å². The number of nitrogens with two attached hydrogens (primary N) is 1. The van der Waals surface area contributed by atoms with Gasteiger partial charge in [0, 0.05) is 12.6 Å². The number of carbonyl (C=O) groups excluding carboxylic acids is 1. The van der Waals surface area contributed by atoms with Crippen molar-refractivity contribution in [2.24, 2.45) is 5.73 Å². The van der Waals surface area contributed by atoms with Crippen LogP contribution in [0.4, 0.5) is 0 Å². The molecule has 0 aliphatic carbocycles. The molecule has 0 aliphatic heterocycles. The van der Waals surface area contributed by atoms with Gasteiger partial charge in [0.25, 0.3) is 0 Å². The van der Waals surface area contributed by atoms with E-state index in [2.05, 4.69) is 18.2 Å². The van der Waals surface area contributed by atoms with E-state index in [1.807, 2.05) is 0 Å². The normalized spacial score (nSPS) is 11.8. The first-order valence-electron chi connectivity index (χ1n) is 4.17. The molecule has 0 bridgehead atoms. The second-order valence-electron chi connectivity index (χ2n) is 2.67. The minimum atomic E-state index is -0.110. The van der Waals surface area contributed by atoms with Gasteiger partial charge in [-0.2, -0.15) is 0 Å². The number of hydrogen-bond donors (Lipinski definition) is 2. The van der Waals surface area contributed by atoms with E-state index in [1.165, 1.54) is 0 Å². The Morgan fingerprint density at radius 3 is 2.83 bits per heavy atom. The maximum Gasteiger partial charge on any atom is 0.232 e. The molecule has 0 aromatic rings. The lowest BCUT2D eigenvalue weighted by Gasteiger charge is -2.14. The van der Waals surface area contributed by atoms with Gasteiger partial charge in [-0.3, -0.25) is 4.79 Å². The molecule has 3 heteroatoms. The minimum Gasteiger partial charge on any atom is -0.351 e. The lowest BCUT2D eigenvalue weighted by molar-refractivity contribution is -0.120. The molecule has 3 N–H and O–H groups in total. The summed E-state index contributed by atoms with van der Waals surface area (Å²) in [7, 11) is 0. The average Bonchev–Trinajstić information content (AvgIpc) is 2.04. The van der Waals surface area contributed by atoms with Crippen LogP contribution in [-0.2, 0) is 4.79 Å². The molecule has 0 rings (SSSR count). The molecule has 0 fully saturated rings. The van der Waals surface area contributed by atoms with Crippen molar-refractivity contribution >= 4 is 5.91 Å². The van der Waals surface area contributed by atoms with Crippen molar-refractivity contribution in [3.8, 4) is 12.3 Å². The SMILES string of the molecule is C#CCC(=O)NC(CN)CCC. The van der Waals surface area contributed by atoms with E-state index in [-0.39, 0.29) is 18.4 Å². The highest BCUT2D eigenvalue weighted by Crippen LogP contribution is 1.94. The molecular weight excluding hydrogens is 152 g/mol. The van der Waals surface area contributed by atoms with E-state index in [0.717, 1.165) is 12.8 Å². The van der Waals surface area contributed by atoms with Crippen LogP contribution in [0.15, 0.2) is 0 Å². The summed E-state index contributed by atoms with van der Waals surface area (Å²) in [6.45, 7) is 2.53. The Morgan fingerprint density at radius 2 is 2.42 bits per heavy atom. The topological polar surface area (TPSA) is 55.1 Å². The summed E-state index contributed by atoms with van der Waals surface area (Å²) in [4.78, 5) is 11.0. The fourth-order valence-electron chi connectivity index (χ4n) is 0.969. The molecule has 12 heavy (non-hydrogen) atoms. The van der Waals surface area contributed by atoms with Crippen LogP contribution in [0, 0.1) is 12.3 Å². The molecule has 0 spiro atoms. The molecule has 0 aromatic heterocycles. The lowest BCUT2D eigenvalue weighted by atomic mass is 10.1. The lowest BCUT2D eigenvalue weighted by Crippen LogP contribution is -2.39.